The highest BCUT2D eigenvalue weighted by Crippen LogP contribution is 2.76. The van der Waals surface area contributed by atoms with E-state index in [0.29, 0.717) is 32.1 Å². The summed E-state index contributed by atoms with van der Waals surface area (Å²) in [5, 5.41) is 183. The average Bonchev–Trinajstić information content (AvgIpc) is 0.670. The molecule has 14 aliphatic rings. The highest BCUT2D eigenvalue weighted by Gasteiger charge is 2.73. The number of rotatable bonds is 4. The largest absolute Gasteiger partial charge is 0.463 e. The van der Waals surface area contributed by atoms with Crippen molar-refractivity contribution in [3.63, 3.8) is 0 Å². The molecule has 12 bridgehead atoms. The Kier molecular flexibility index (Phi) is 20.7. The van der Waals surface area contributed by atoms with Crippen LogP contribution in [0.25, 0.3) is 0 Å². The molecule has 14 rings (SSSR count). The molecule has 4 saturated carbocycles. The fourth-order valence-electron chi connectivity index (χ4n) is 18.8. The van der Waals surface area contributed by atoms with Crippen molar-refractivity contribution in [2.24, 2.45) is 50.2 Å². The molecule has 35 atom stereocenters. The highest BCUT2D eigenvalue weighted by atomic mass is 16.8. The maximum atomic E-state index is 15.7. The van der Waals surface area contributed by atoms with E-state index in [2.05, 4.69) is 40.7 Å². The Morgan fingerprint density at radius 1 is 0.568 bits per heavy atom. The summed E-state index contributed by atoms with van der Waals surface area (Å²) >= 11 is 0. The summed E-state index contributed by atoms with van der Waals surface area (Å²) in [5.74, 6) is -4.74. The number of aliphatic hydroxyl groups excluding tert-OH is 15. The second-order valence-corrected chi connectivity index (χ2v) is 31.1. The van der Waals surface area contributed by atoms with Crippen LogP contribution in [0.1, 0.15) is 120 Å². The van der Waals surface area contributed by atoms with Crippen LogP contribution >= 0.6 is 0 Å². The molecule has 9 aliphatic heterocycles. The summed E-state index contributed by atoms with van der Waals surface area (Å²) in [6.45, 7) is 11.1. The van der Waals surface area contributed by atoms with E-state index < -0.39 is 268 Å². The second-order valence-electron chi connectivity index (χ2n) is 31.1. The summed E-state index contributed by atoms with van der Waals surface area (Å²) in [4.78, 5) is 43.1. The van der Waals surface area contributed by atoms with E-state index in [4.69, 9.17) is 56.8 Å². The zero-order valence-electron chi connectivity index (χ0n) is 54.7. The molecule has 2 unspecified atom stereocenters. The van der Waals surface area contributed by atoms with E-state index >= 15 is 4.79 Å². The van der Waals surface area contributed by atoms with Gasteiger partial charge in [0.25, 0.3) is 0 Å². The van der Waals surface area contributed by atoms with Gasteiger partial charge in [-0.2, -0.15) is 0 Å². The van der Waals surface area contributed by atoms with Crippen molar-refractivity contribution in [3.05, 3.63) is 11.6 Å². The minimum absolute atomic E-state index is 0.0545. The predicted octanol–water partition coefficient (Wildman–Crippen LogP) is -4.34. The van der Waals surface area contributed by atoms with Gasteiger partial charge in [-0.1, -0.05) is 53.2 Å². The van der Waals surface area contributed by atoms with Crippen molar-refractivity contribution in [3.8, 4) is 0 Å². The lowest BCUT2D eigenvalue weighted by Gasteiger charge is -2.72. The molecular formula is C64H100O31. The first-order chi connectivity index (χ1) is 44.4. The Balaban J connectivity index is 0.966. The lowest BCUT2D eigenvalue weighted by molar-refractivity contribution is -0.384. The molecule has 0 aromatic heterocycles. The number of ether oxygens (including phenoxy) is 12. The van der Waals surface area contributed by atoms with Gasteiger partial charge in [-0.15, -0.1) is 0 Å². The Labute approximate surface area is 549 Å². The van der Waals surface area contributed by atoms with Crippen LogP contribution in [0.3, 0.4) is 0 Å². The monoisotopic (exact) mass is 1360 g/mol. The Morgan fingerprint density at radius 2 is 1.22 bits per heavy atom. The summed E-state index contributed by atoms with van der Waals surface area (Å²) in [5.41, 5.74) is -7.04. The number of esters is 3. The number of hydrogen-bond donors (Lipinski definition) is 16. The summed E-state index contributed by atoms with van der Waals surface area (Å²) in [7, 11) is 0. The maximum absolute atomic E-state index is 15.7. The molecular weight excluding hydrogens is 1260 g/mol. The van der Waals surface area contributed by atoms with E-state index in [-0.39, 0.29) is 30.6 Å². The topological polar surface area (TPSA) is 486 Å². The quantitative estimate of drug-likeness (QED) is 0.0547. The van der Waals surface area contributed by atoms with Crippen molar-refractivity contribution in [2.45, 2.75) is 285 Å². The first-order valence-corrected chi connectivity index (χ1v) is 33.3. The van der Waals surface area contributed by atoms with Crippen LogP contribution in [0.5, 0.6) is 0 Å². The maximum Gasteiger partial charge on any atom is 0.317 e. The van der Waals surface area contributed by atoms with E-state index in [1.54, 1.807) is 6.92 Å². The van der Waals surface area contributed by atoms with Gasteiger partial charge in [-0.3, -0.25) is 14.4 Å². The zero-order valence-corrected chi connectivity index (χ0v) is 54.7. The summed E-state index contributed by atoms with van der Waals surface area (Å²) < 4.78 is 72.1. The van der Waals surface area contributed by atoms with Crippen LogP contribution in [0.4, 0.5) is 0 Å². The molecule has 7 saturated heterocycles. The third-order valence-electron chi connectivity index (χ3n) is 24.3. The van der Waals surface area contributed by atoms with Crippen LogP contribution in [0, 0.1) is 50.2 Å². The minimum Gasteiger partial charge on any atom is -0.463 e. The van der Waals surface area contributed by atoms with Crippen LogP contribution < -0.4 is 0 Å². The number of carbonyl (C=O) groups excluding carboxylic acids is 3. The summed E-state index contributed by atoms with van der Waals surface area (Å²) in [6, 6.07) is 0. The minimum atomic E-state index is -2.32. The molecule has 0 amide bonds. The van der Waals surface area contributed by atoms with Crippen molar-refractivity contribution >= 4 is 17.9 Å². The first kappa shape index (κ1) is 73.4. The van der Waals surface area contributed by atoms with Gasteiger partial charge in [0, 0.05) is 5.41 Å². The molecule has 0 radical (unpaired) electrons. The normalized spacial score (nSPS) is 54.8. The highest BCUT2D eigenvalue weighted by molar-refractivity contribution is 5.80. The van der Waals surface area contributed by atoms with Crippen molar-refractivity contribution < 1.29 is 153 Å². The molecule has 31 nitrogen and oxygen atoms in total. The lowest BCUT2D eigenvalue weighted by Crippen LogP contribution is -2.71. The van der Waals surface area contributed by atoms with Crippen molar-refractivity contribution in [2.75, 3.05) is 33.0 Å². The zero-order chi connectivity index (χ0) is 69.4. The van der Waals surface area contributed by atoms with Gasteiger partial charge in [0.1, 0.15) is 104 Å². The van der Waals surface area contributed by atoms with Crippen LogP contribution in [0.15, 0.2) is 11.6 Å². The molecule has 9 heterocycles. The van der Waals surface area contributed by atoms with Gasteiger partial charge < -0.3 is 139 Å². The smallest absolute Gasteiger partial charge is 0.317 e. The van der Waals surface area contributed by atoms with Crippen LogP contribution in [0.2, 0.25) is 0 Å². The van der Waals surface area contributed by atoms with Gasteiger partial charge in [0.2, 0.25) is 6.29 Å². The molecule has 11 fully saturated rings. The second kappa shape index (κ2) is 26.8. The van der Waals surface area contributed by atoms with Gasteiger partial charge in [0.15, 0.2) is 37.4 Å². The number of hydrogen-bond acceptors (Lipinski definition) is 31. The van der Waals surface area contributed by atoms with Gasteiger partial charge in [-0.05, 0) is 105 Å². The van der Waals surface area contributed by atoms with E-state index in [0.717, 1.165) is 12.5 Å². The standard InChI is InChI=1S/C64H100O31/c1-25-47-48(91-52-44(79)38(73)29(68)21-85-52)46(81)54(87-25)92-49-39(74)30(69)22-86-55(49)95-57(82)64-14-13-58(2,3)15-27(64)26-9-10-34-60(5)16-28(67)51(61(6,24-66)33(60)11-12-62(34,7)63(26,8)17-35(64)70)94-56-50(43(78)40(75)31(20-65)88-56)93-53-45(80)42(77)41(76)32(89-53)23-84-36(71)18-59(4,83)19-37(72)90-47/h9,25,27-35,38-56,65-70,73-81,83H,10-24H2,1-8H3/t25-,27+,28+,29+,30+,31-,32+,33-,34+,35?,38+,39+,40-,41-,42+,43+,44-,45-,46-,47+,48+,49+,50-,51+,52-,53+,54+,55+,56-,59?,60-,61-,62+,63+,64+/m0/s1. The van der Waals surface area contributed by atoms with E-state index in [1.165, 1.54) is 6.92 Å². The van der Waals surface area contributed by atoms with Crippen LogP contribution in [-0.4, -0.2) is 298 Å². The molecule has 5 aliphatic carbocycles. The number of allylic oxidation sites excluding steroid dienone is 2. The third kappa shape index (κ3) is 12.7. The third-order valence-corrected chi connectivity index (χ3v) is 24.3. The number of aliphatic hydroxyl groups is 16. The molecule has 95 heavy (non-hydrogen) atoms. The molecule has 542 valence electrons. The molecule has 16 N–H and O–H groups in total. The Hall–Kier alpha value is -2.85. The lowest BCUT2D eigenvalue weighted by atomic mass is 9.33. The predicted molar refractivity (Wildman–Crippen MR) is 314 cm³/mol. The van der Waals surface area contributed by atoms with E-state index in [1.807, 2.05) is 0 Å². The molecule has 31 heteroatoms. The Bertz CT molecular complexity index is 2790. The van der Waals surface area contributed by atoms with E-state index in [9.17, 15) is 91.3 Å². The first-order valence-electron chi connectivity index (χ1n) is 33.3. The van der Waals surface area contributed by atoms with Crippen LogP contribution in [-0.2, 0) is 71.2 Å². The van der Waals surface area contributed by atoms with Gasteiger partial charge in [0.05, 0.1) is 69.3 Å². The fraction of sp³-hybridized carbons (Fsp3) is 0.922. The molecule has 0 aromatic carbocycles. The van der Waals surface area contributed by atoms with Crippen molar-refractivity contribution in [1.29, 1.82) is 0 Å². The Morgan fingerprint density at radius 3 is 1.91 bits per heavy atom. The van der Waals surface area contributed by atoms with Crippen molar-refractivity contribution in [1.82, 2.24) is 0 Å². The van der Waals surface area contributed by atoms with Gasteiger partial charge in [-0.25, -0.2) is 0 Å². The summed E-state index contributed by atoms with van der Waals surface area (Å²) in [6.07, 6.45) is -44.3. The molecule has 1 spiro atoms. The number of carbonyl (C=O) groups is 3. The average molecular weight is 1370 g/mol. The SMILES string of the molecule is C[C@@H]1O[C@@H]2O[C@H]3[C@H](OC[C@@H](O)[C@H]3O)OC(=O)[C@]34CCC(C)(C)C[C@@H]3C3=CC[C@@H]5[C@@]6(C)C[C@@H](O)[C@@H](O[C@@H]7O[C@@H](CO)[C@H](O)[C@@H](O)[C@@H]7O[C@H]7O[C@H](COC(=O)CC(C)(O)CC(=O)O[C@H]1[C@H](O[C@@H]1OC[C@@H](O)[C@@H](O)[C@@H]1O)[C@@H]2O)[C@H](O)[C@@H](O)[C@@H]7O)[C@@](C)(CO)[C@H]6CC[C@@]5(C)[C@]3(C)CC4O. The van der Waals surface area contributed by atoms with Gasteiger partial charge >= 0.3 is 17.9 Å². The fourth-order valence-corrected chi connectivity index (χ4v) is 18.8. The molecule has 0 aromatic rings.